The summed E-state index contributed by atoms with van der Waals surface area (Å²) in [5.41, 5.74) is 7.14. The molecule has 94 valence electrons. The fourth-order valence-electron chi connectivity index (χ4n) is 2.41. The van der Waals surface area contributed by atoms with E-state index in [2.05, 4.69) is 38.1 Å². The van der Waals surface area contributed by atoms with E-state index in [1.54, 1.807) is 0 Å². The zero-order valence-corrected chi connectivity index (χ0v) is 10.9. The molecular weight excluding hydrogens is 210 g/mol. The number of ether oxygens (including phenoxy) is 1. The highest BCUT2D eigenvalue weighted by Gasteiger charge is 2.16. The maximum atomic E-state index is 6.01. The summed E-state index contributed by atoms with van der Waals surface area (Å²) >= 11 is 0. The van der Waals surface area contributed by atoms with Crippen molar-refractivity contribution in [3.63, 3.8) is 0 Å². The summed E-state index contributed by atoms with van der Waals surface area (Å²) in [6.07, 6.45) is 6.37. The van der Waals surface area contributed by atoms with Crippen LogP contribution in [-0.2, 0) is 6.42 Å². The zero-order valence-electron chi connectivity index (χ0n) is 10.9. The first kappa shape index (κ1) is 12.4. The van der Waals surface area contributed by atoms with E-state index in [1.165, 1.54) is 31.2 Å². The van der Waals surface area contributed by atoms with Gasteiger partial charge in [0.15, 0.2) is 0 Å². The van der Waals surface area contributed by atoms with E-state index in [0.29, 0.717) is 6.10 Å². The van der Waals surface area contributed by atoms with E-state index in [9.17, 15) is 0 Å². The van der Waals surface area contributed by atoms with E-state index >= 15 is 0 Å². The minimum absolute atomic E-state index is 0.145. The van der Waals surface area contributed by atoms with Gasteiger partial charge in [-0.3, -0.25) is 0 Å². The molecule has 1 aliphatic carbocycles. The molecule has 1 aromatic carbocycles. The summed E-state index contributed by atoms with van der Waals surface area (Å²) < 4.78 is 5.93. The average molecular weight is 233 g/mol. The van der Waals surface area contributed by atoms with Crippen LogP contribution >= 0.6 is 0 Å². The third kappa shape index (κ3) is 4.04. The van der Waals surface area contributed by atoms with Crippen molar-refractivity contribution in [3.05, 3.63) is 29.8 Å². The first-order valence-electron chi connectivity index (χ1n) is 6.57. The topological polar surface area (TPSA) is 35.2 Å². The summed E-state index contributed by atoms with van der Waals surface area (Å²) in [5, 5.41) is 0. The van der Waals surface area contributed by atoms with Gasteiger partial charge >= 0.3 is 0 Å². The Bertz CT molecular complexity index is 344. The molecule has 2 N–H and O–H groups in total. The van der Waals surface area contributed by atoms with Crippen LogP contribution in [0.5, 0.6) is 5.75 Å². The van der Waals surface area contributed by atoms with Crippen molar-refractivity contribution in [2.45, 2.75) is 57.6 Å². The normalized spacial score (nSPS) is 17.4. The second kappa shape index (κ2) is 5.09. The largest absolute Gasteiger partial charge is 0.490 e. The Labute approximate surface area is 104 Å². The molecular formula is C15H23NO. The van der Waals surface area contributed by atoms with Crippen molar-refractivity contribution in [2.75, 3.05) is 0 Å². The van der Waals surface area contributed by atoms with Crippen molar-refractivity contribution in [1.82, 2.24) is 0 Å². The Morgan fingerprint density at radius 1 is 1.18 bits per heavy atom. The second-order valence-electron chi connectivity index (χ2n) is 5.83. The van der Waals surface area contributed by atoms with Crippen molar-refractivity contribution in [2.24, 2.45) is 5.73 Å². The molecule has 17 heavy (non-hydrogen) atoms. The van der Waals surface area contributed by atoms with Crippen LogP contribution in [0.15, 0.2) is 24.3 Å². The van der Waals surface area contributed by atoms with Crippen LogP contribution in [-0.4, -0.2) is 11.6 Å². The van der Waals surface area contributed by atoms with Crippen LogP contribution in [0.2, 0.25) is 0 Å². The predicted molar refractivity (Wildman–Crippen MR) is 71.3 cm³/mol. The molecule has 0 spiro atoms. The van der Waals surface area contributed by atoms with Gasteiger partial charge in [0.05, 0.1) is 6.10 Å². The van der Waals surface area contributed by atoms with Gasteiger partial charge < -0.3 is 10.5 Å². The Morgan fingerprint density at radius 3 is 2.29 bits per heavy atom. The molecule has 0 atom stereocenters. The van der Waals surface area contributed by atoms with Crippen molar-refractivity contribution >= 4 is 0 Å². The van der Waals surface area contributed by atoms with Gasteiger partial charge in [-0.1, -0.05) is 12.1 Å². The standard InChI is InChI=1S/C15H23NO/c1-15(2,16)11-12-7-9-14(10-8-12)17-13-5-3-4-6-13/h7-10,13H,3-6,11,16H2,1-2H3. The maximum Gasteiger partial charge on any atom is 0.119 e. The number of hydrogen-bond donors (Lipinski definition) is 1. The molecule has 0 aliphatic heterocycles. The summed E-state index contributed by atoms with van der Waals surface area (Å²) in [5.74, 6) is 0.996. The fraction of sp³-hybridized carbons (Fsp3) is 0.600. The molecule has 0 heterocycles. The van der Waals surface area contributed by atoms with Gasteiger partial charge in [-0.25, -0.2) is 0 Å². The van der Waals surface area contributed by atoms with Crippen LogP contribution in [0.25, 0.3) is 0 Å². The molecule has 2 nitrogen and oxygen atoms in total. The molecule has 1 fully saturated rings. The smallest absolute Gasteiger partial charge is 0.119 e. The lowest BCUT2D eigenvalue weighted by Gasteiger charge is -2.19. The molecule has 0 saturated heterocycles. The molecule has 1 saturated carbocycles. The Kier molecular flexibility index (Phi) is 3.72. The molecule has 1 aromatic rings. The van der Waals surface area contributed by atoms with Gasteiger partial charge in [0, 0.05) is 5.54 Å². The van der Waals surface area contributed by atoms with Crippen LogP contribution in [0.1, 0.15) is 45.1 Å². The van der Waals surface area contributed by atoms with Gasteiger partial charge in [0.25, 0.3) is 0 Å². The zero-order chi connectivity index (χ0) is 12.3. The molecule has 2 heteroatoms. The highest BCUT2D eigenvalue weighted by molar-refractivity contribution is 5.28. The van der Waals surface area contributed by atoms with Crippen molar-refractivity contribution in [3.8, 4) is 5.75 Å². The lowest BCUT2D eigenvalue weighted by atomic mass is 9.96. The summed E-state index contributed by atoms with van der Waals surface area (Å²) in [6.45, 7) is 4.10. The molecule has 0 aromatic heterocycles. The summed E-state index contributed by atoms with van der Waals surface area (Å²) in [4.78, 5) is 0. The molecule has 2 rings (SSSR count). The minimum Gasteiger partial charge on any atom is -0.490 e. The van der Waals surface area contributed by atoms with Gasteiger partial charge in [-0.15, -0.1) is 0 Å². The average Bonchev–Trinajstić information content (AvgIpc) is 2.71. The van der Waals surface area contributed by atoms with Crippen LogP contribution in [0.4, 0.5) is 0 Å². The van der Waals surface area contributed by atoms with E-state index in [0.717, 1.165) is 12.2 Å². The predicted octanol–water partition coefficient (Wildman–Crippen LogP) is 3.29. The van der Waals surface area contributed by atoms with E-state index in [-0.39, 0.29) is 5.54 Å². The van der Waals surface area contributed by atoms with Crippen LogP contribution in [0.3, 0.4) is 0 Å². The van der Waals surface area contributed by atoms with Gasteiger partial charge in [-0.2, -0.15) is 0 Å². The van der Waals surface area contributed by atoms with E-state index in [1.807, 2.05) is 0 Å². The number of benzene rings is 1. The summed E-state index contributed by atoms with van der Waals surface area (Å²) in [6, 6.07) is 8.39. The lowest BCUT2D eigenvalue weighted by molar-refractivity contribution is 0.210. The van der Waals surface area contributed by atoms with Crippen LogP contribution < -0.4 is 10.5 Å². The van der Waals surface area contributed by atoms with Gasteiger partial charge in [-0.05, 0) is 63.6 Å². The summed E-state index contributed by atoms with van der Waals surface area (Å²) in [7, 11) is 0. The second-order valence-corrected chi connectivity index (χ2v) is 5.83. The Morgan fingerprint density at radius 2 is 1.76 bits per heavy atom. The number of rotatable bonds is 4. The Balaban J connectivity index is 1.93. The third-order valence-corrected chi connectivity index (χ3v) is 3.19. The highest BCUT2D eigenvalue weighted by Crippen LogP contribution is 2.24. The fourth-order valence-corrected chi connectivity index (χ4v) is 2.41. The third-order valence-electron chi connectivity index (χ3n) is 3.19. The molecule has 1 aliphatic rings. The van der Waals surface area contributed by atoms with E-state index < -0.39 is 0 Å². The first-order valence-corrected chi connectivity index (χ1v) is 6.57. The molecule has 0 bridgehead atoms. The number of hydrogen-bond acceptors (Lipinski definition) is 2. The minimum atomic E-state index is -0.145. The monoisotopic (exact) mass is 233 g/mol. The molecule has 0 amide bonds. The maximum absolute atomic E-state index is 6.01. The first-order chi connectivity index (χ1) is 8.03. The SMILES string of the molecule is CC(C)(N)Cc1ccc(OC2CCCC2)cc1. The lowest BCUT2D eigenvalue weighted by Crippen LogP contribution is -2.34. The van der Waals surface area contributed by atoms with Crippen LogP contribution in [0, 0.1) is 0 Å². The van der Waals surface area contributed by atoms with E-state index in [4.69, 9.17) is 10.5 Å². The highest BCUT2D eigenvalue weighted by atomic mass is 16.5. The van der Waals surface area contributed by atoms with Gasteiger partial charge in [0.1, 0.15) is 5.75 Å². The number of nitrogens with two attached hydrogens (primary N) is 1. The Hall–Kier alpha value is -1.02. The molecule has 0 unspecified atom stereocenters. The molecule has 0 radical (unpaired) electrons. The van der Waals surface area contributed by atoms with Crippen molar-refractivity contribution in [1.29, 1.82) is 0 Å². The quantitative estimate of drug-likeness (QED) is 0.866. The van der Waals surface area contributed by atoms with Crippen molar-refractivity contribution < 1.29 is 4.74 Å². The van der Waals surface area contributed by atoms with Gasteiger partial charge in [0.2, 0.25) is 0 Å².